The molecular formula is C13H6BrF4NO. The molecule has 0 atom stereocenters. The number of carbonyl (C=O) groups excluding carboxylic acids is 1. The quantitative estimate of drug-likeness (QED) is 0.638. The summed E-state index contributed by atoms with van der Waals surface area (Å²) in [5.74, 6) is -6.36. The number of nitrogens with one attached hydrogen (secondary N) is 1. The Hall–Kier alpha value is -1.89. The number of carbonyl (C=O) groups is 1. The third-order valence-corrected chi connectivity index (χ3v) is 3.11. The Morgan fingerprint density at radius 3 is 2.15 bits per heavy atom. The number of halogens is 5. The van der Waals surface area contributed by atoms with Crippen LogP contribution >= 0.6 is 15.9 Å². The summed E-state index contributed by atoms with van der Waals surface area (Å²) in [5.41, 5.74) is -0.640. The van der Waals surface area contributed by atoms with Gasteiger partial charge < -0.3 is 5.32 Å². The molecule has 0 saturated heterocycles. The van der Waals surface area contributed by atoms with Crippen molar-refractivity contribution in [1.82, 2.24) is 0 Å². The number of rotatable bonds is 2. The Morgan fingerprint density at radius 2 is 1.60 bits per heavy atom. The number of amides is 1. The van der Waals surface area contributed by atoms with Gasteiger partial charge in [0.1, 0.15) is 5.82 Å². The van der Waals surface area contributed by atoms with Crippen LogP contribution in [0.3, 0.4) is 0 Å². The van der Waals surface area contributed by atoms with Crippen molar-refractivity contribution < 1.29 is 22.4 Å². The molecule has 0 heterocycles. The maximum atomic E-state index is 13.5. The van der Waals surface area contributed by atoms with Crippen molar-refractivity contribution >= 4 is 27.5 Å². The van der Waals surface area contributed by atoms with E-state index in [1.807, 2.05) is 0 Å². The molecule has 104 valence electrons. The van der Waals surface area contributed by atoms with Crippen LogP contribution in [0.4, 0.5) is 23.2 Å². The smallest absolute Gasteiger partial charge is 0.255 e. The first-order valence-electron chi connectivity index (χ1n) is 5.30. The Labute approximate surface area is 119 Å². The van der Waals surface area contributed by atoms with Crippen LogP contribution < -0.4 is 5.32 Å². The van der Waals surface area contributed by atoms with Gasteiger partial charge in [-0.1, -0.05) is 6.07 Å². The van der Waals surface area contributed by atoms with Gasteiger partial charge in [0, 0.05) is 10.0 Å². The van der Waals surface area contributed by atoms with E-state index in [0.717, 1.165) is 6.07 Å². The Balaban J connectivity index is 2.34. The van der Waals surface area contributed by atoms with Crippen molar-refractivity contribution in [2.45, 2.75) is 0 Å². The van der Waals surface area contributed by atoms with E-state index in [4.69, 9.17) is 0 Å². The van der Waals surface area contributed by atoms with Gasteiger partial charge in [0.25, 0.3) is 5.91 Å². The fourth-order valence-electron chi connectivity index (χ4n) is 1.49. The van der Waals surface area contributed by atoms with Crippen molar-refractivity contribution in [3.05, 3.63) is 63.6 Å². The average Bonchev–Trinajstić information content (AvgIpc) is 2.39. The molecule has 7 heteroatoms. The second-order valence-corrected chi connectivity index (χ2v) is 4.66. The highest BCUT2D eigenvalue weighted by atomic mass is 79.9. The lowest BCUT2D eigenvalue weighted by molar-refractivity contribution is 0.102. The van der Waals surface area contributed by atoms with Gasteiger partial charge in [-0.05, 0) is 40.2 Å². The van der Waals surface area contributed by atoms with Crippen LogP contribution in [-0.4, -0.2) is 5.91 Å². The van der Waals surface area contributed by atoms with E-state index in [0.29, 0.717) is 12.1 Å². The fraction of sp³-hybridized carbons (Fsp3) is 0. The molecule has 1 N–H and O–H groups in total. The number of para-hydroxylation sites is 1. The van der Waals surface area contributed by atoms with Crippen LogP contribution in [-0.2, 0) is 0 Å². The van der Waals surface area contributed by atoms with Crippen molar-refractivity contribution in [2.24, 2.45) is 0 Å². The molecule has 1 amide bonds. The summed E-state index contributed by atoms with van der Waals surface area (Å²) in [5, 5.41) is 2.15. The van der Waals surface area contributed by atoms with Gasteiger partial charge >= 0.3 is 0 Å². The molecule has 2 rings (SSSR count). The topological polar surface area (TPSA) is 29.1 Å². The first-order chi connectivity index (χ1) is 9.40. The summed E-state index contributed by atoms with van der Waals surface area (Å²) < 4.78 is 52.6. The summed E-state index contributed by atoms with van der Waals surface area (Å²) in [6, 6.07) is 5.05. The molecule has 0 aliphatic heterocycles. The van der Waals surface area contributed by atoms with E-state index in [9.17, 15) is 22.4 Å². The number of hydrogen-bond donors (Lipinski definition) is 1. The lowest BCUT2D eigenvalue weighted by Gasteiger charge is -2.09. The SMILES string of the molecule is O=C(Nc1c(F)cccc1Br)c1cc(F)c(F)c(F)c1. The molecule has 0 saturated carbocycles. The third kappa shape index (κ3) is 2.82. The zero-order valence-corrected chi connectivity index (χ0v) is 11.3. The van der Waals surface area contributed by atoms with Gasteiger partial charge in [0.2, 0.25) is 0 Å². The van der Waals surface area contributed by atoms with Crippen LogP contribution in [0, 0.1) is 23.3 Å². The van der Waals surface area contributed by atoms with Gasteiger partial charge in [-0.25, -0.2) is 17.6 Å². The minimum absolute atomic E-state index is 0.178. The molecule has 0 unspecified atom stereocenters. The molecule has 0 fully saturated rings. The predicted octanol–water partition coefficient (Wildman–Crippen LogP) is 4.26. The molecular weight excluding hydrogens is 342 g/mol. The van der Waals surface area contributed by atoms with E-state index in [2.05, 4.69) is 21.2 Å². The highest BCUT2D eigenvalue weighted by molar-refractivity contribution is 9.10. The molecule has 2 aromatic rings. The van der Waals surface area contributed by atoms with Crippen LogP contribution in [0.5, 0.6) is 0 Å². The number of hydrogen-bond acceptors (Lipinski definition) is 1. The zero-order chi connectivity index (χ0) is 14.9. The Morgan fingerprint density at radius 1 is 1.00 bits per heavy atom. The van der Waals surface area contributed by atoms with Crippen molar-refractivity contribution in [2.75, 3.05) is 5.32 Å². The molecule has 0 aromatic heterocycles. The third-order valence-electron chi connectivity index (χ3n) is 2.45. The highest BCUT2D eigenvalue weighted by Crippen LogP contribution is 2.26. The summed E-state index contributed by atoms with van der Waals surface area (Å²) in [4.78, 5) is 11.8. The van der Waals surface area contributed by atoms with E-state index in [1.165, 1.54) is 12.1 Å². The van der Waals surface area contributed by atoms with Crippen molar-refractivity contribution in [1.29, 1.82) is 0 Å². The molecule has 2 aromatic carbocycles. The van der Waals surface area contributed by atoms with E-state index in [-0.39, 0.29) is 10.2 Å². The summed E-state index contributed by atoms with van der Waals surface area (Å²) in [7, 11) is 0. The minimum Gasteiger partial charge on any atom is -0.319 e. The highest BCUT2D eigenvalue weighted by Gasteiger charge is 2.17. The first-order valence-corrected chi connectivity index (χ1v) is 6.09. The Bertz CT molecular complexity index is 647. The van der Waals surface area contributed by atoms with Crippen molar-refractivity contribution in [3.8, 4) is 0 Å². The Kier molecular flexibility index (Phi) is 4.08. The van der Waals surface area contributed by atoms with Gasteiger partial charge in [-0.3, -0.25) is 4.79 Å². The van der Waals surface area contributed by atoms with E-state index in [1.54, 1.807) is 0 Å². The second-order valence-electron chi connectivity index (χ2n) is 3.80. The molecule has 20 heavy (non-hydrogen) atoms. The molecule has 0 bridgehead atoms. The lowest BCUT2D eigenvalue weighted by Crippen LogP contribution is -2.14. The van der Waals surface area contributed by atoms with Crippen LogP contribution in [0.25, 0.3) is 0 Å². The monoisotopic (exact) mass is 347 g/mol. The summed E-state index contributed by atoms with van der Waals surface area (Å²) in [6.07, 6.45) is 0. The molecule has 0 aliphatic carbocycles. The first kappa shape index (κ1) is 14.5. The standard InChI is InChI=1S/C13H6BrF4NO/c14-7-2-1-3-8(15)12(7)19-13(20)6-4-9(16)11(18)10(17)5-6/h1-5H,(H,19,20). The van der Waals surface area contributed by atoms with Gasteiger partial charge in [0.05, 0.1) is 5.69 Å². The molecule has 0 aliphatic rings. The van der Waals surface area contributed by atoms with Gasteiger partial charge in [-0.15, -0.1) is 0 Å². The predicted molar refractivity (Wildman–Crippen MR) is 68.4 cm³/mol. The second kappa shape index (κ2) is 5.62. The zero-order valence-electron chi connectivity index (χ0n) is 9.68. The van der Waals surface area contributed by atoms with Crippen LogP contribution in [0.2, 0.25) is 0 Å². The summed E-state index contributed by atoms with van der Waals surface area (Å²) >= 11 is 3.03. The average molecular weight is 348 g/mol. The van der Waals surface area contributed by atoms with E-state index < -0.39 is 34.7 Å². The number of benzene rings is 2. The molecule has 0 spiro atoms. The van der Waals surface area contributed by atoms with Crippen LogP contribution in [0.1, 0.15) is 10.4 Å². The normalized spacial score (nSPS) is 10.4. The molecule has 2 nitrogen and oxygen atoms in total. The lowest BCUT2D eigenvalue weighted by atomic mass is 10.2. The van der Waals surface area contributed by atoms with Crippen molar-refractivity contribution in [3.63, 3.8) is 0 Å². The fourth-order valence-corrected chi connectivity index (χ4v) is 1.93. The molecule has 0 radical (unpaired) electrons. The minimum atomic E-state index is -1.67. The van der Waals surface area contributed by atoms with Gasteiger partial charge in [0.15, 0.2) is 17.5 Å². The van der Waals surface area contributed by atoms with E-state index >= 15 is 0 Å². The summed E-state index contributed by atoms with van der Waals surface area (Å²) in [6.45, 7) is 0. The number of anilines is 1. The maximum absolute atomic E-state index is 13.5. The van der Waals surface area contributed by atoms with Gasteiger partial charge in [-0.2, -0.15) is 0 Å². The van der Waals surface area contributed by atoms with Crippen LogP contribution in [0.15, 0.2) is 34.8 Å². The largest absolute Gasteiger partial charge is 0.319 e. The maximum Gasteiger partial charge on any atom is 0.255 e.